The van der Waals surface area contributed by atoms with E-state index in [-0.39, 0.29) is 18.2 Å². The molecule has 1 unspecified atom stereocenters. The minimum atomic E-state index is -0.144. The third-order valence-corrected chi connectivity index (χ3v) is 6.70. The first kappa shape index (κ1) is 19.6. The van der Waals surface area contributed by atoms with Gasteiger partial charge in [-0.3, -0.25) is 4.90 Å². The predicted molar refractivity (Wildman–Crippen MR) is 115 cm³/mol. The lowest BCUT2D eigenvalue weighted by Gasteiger charge is -2.32. The predicted octanol–water partition coefficient (Wildman–Crippen LogP) is 1.60. The third kappa shape index (κ3) is 4.22. The van der Waals surface area contributed by atoms with Gasteiger partial charge in [-0.1, -0.05) is 0 Å². The Morgan fingerprint density at radius 3 is 2.73 bits per heavy atom. The zero-order valence-corrected chi connectivity index (χ0v) is 17.5. The first-order valence-corrected chi connectivity index (χ1v) is 11.1. The summed E-state index contributed by atoms with van der Waals surface area (Å²) in [6.07, 6.45) is 6.78. The van der Waals surface area contributed by atoms with E-state index in [1.807, 2.05) is 6.20 Å². The number of fused-ring (bicyclic) bond motifs is 1. The fourth-order valence-electron chi connectivity index (χ4n) is 3.95. The Bertz CT molecular complexity index is 1000. The molecule has 158 valence electrons. The normalized spacial score (nSPS) is 21.4. The van der Waals surface area contributed by atoms with Crippen LogP contribution in [0.4, 0.5) is 11.9 Å². The van der Waals surface area contributed by atoms with Crippen molar-refractivity contribution in [2.75, 3.05) is 43.4 Å². The molecule has 3 N–H and O–H groups in total. The van der Waals surface area contributed by atoms with Crippen molar-refractivity contribution in [3.63, 3.8) is 0 Å². The average Bonchev–Trinajstić information content (AvgIpc) is 3.17. The molecule has 0 radical (unpaired) electrons. The van der Waals surface area contributed by atoms with Crippen molar-refractivity contribution >= 4 is 33.5 Å². The van der Waals surface area contributed by atoms with E-state index in [1.165, 1.54) is 4.88 Å². The Morgan fingerprint density at radius 2 is 1.93 bits per heavy atom. The fourth-order valence-corrected chi connectivity index (χ4v) is 4.97. The standard InChI is InChI=1S/C20H25N7O2S/c21-19-22-8-13(9-23-19)17-12-27(5-6-29-17)20-24-10-18-16(25-20)7-15(30-18)11-26-3-1-14(28)2-4-26/h7-10,14,17,28H,1-6,11-12H2,(H2,21,22,23). The summed E-state index contributed by atoms with van der Waals surface area (Å²) in [5.41, 5.74) is 7.47. The van der Waals surface area contributed by atoms with Crippen LogP contribution in [0.5, 0.6) is 0 Å². The van der Waals surface area contributed by atoms with Crippen LogP contribution in [0.3, 0.4) is 0 Å². The van der Waals surface area contributed by atoms with Crippen molar-refractivity contribution < 1.29 is 9.84 Å². The second kappa shape index (κ2) is 8.38. The van der Waals surface area contributed by atoms with Crippen molar-refractivity contribution in [3.05, 3.63) is 35.1 Å². The van der Waals surface area contributed by atoms with Crippen molar-refractivity contribution in [3.8, 4) is 0 Å². The number of thiophene rings is 1. The van der Waals surface area contributed by atoms with Gasteiger partial charge in [0.15, 0.2) is 0 Å². The number of nitrogen functional groups attached to an aromatic ring is 1. The highest BCUT2D eigenvalue weighted by Gasteiger charge is 2.25. The second-order valence-corrected chi connectivity index (χ2v) is 8.99. The topological polar surface area (TPSA) is 114 Å². The molecule has 30 heavy (non-hydrogen) atoms. The molecule has 0 aromatic carbocycles. The van der Waals surface area contributed by atoms with Gasteiger partial charge in [0, 0.05) is 49.0 Å². The van der Waals surface area contributed by atoms with Crippen molar-refractivity contribution in [1.29, 1.82) is 0 Å². The average molecular weight is 428 g/mol. The van der Waals surface area contributed by atoms with Gasteiger partial charge in [0.2, 0.25) is 11.9 Å². The van der Waals surface area contributed by atoms with Crippen LogP contribution in [0.25, 0.3) is 10.2 Å². The number of anilines is 2. The highest BCUT2D eigenvalue weighted by Crippen LogP contribution is 2.29. The van der Waals surface area contributed by atoms with E-state index in [9.17, 15) is 5.11 Å². The number of likely N-dealkylation sites (tertiary alicyclic amines) is 1. The lowest BCUT2D eigenvalue weighted by Crippen LogP contribution is -2.39. The summed E-state index contributed by atoms with van der Waals surface area (Å²) in [4.78, 5) is 23.4. The molecule has 0 saturated carbocycles. The highest BCUT2D eigenvalue weighted by molar-refractivity contribution is 7.18. The Balaban J connectivity index is 1.30. The Hall–Kier alpha value is -2.40. The maximum absolute atomic E-state index is 9.70. The van der Waals surface area contributed by atoms with Gasteiger partial charge in [-0.25, -0.2) is 19.9 Å². The minimum Gasteiger partial charge on any atom is -0.393 e. The van der Waals surface area contributed by atoms with E-state index in [0.717, 1.165) is 60.7 Å². The van der Waals surface area contributed by atoms with Gasteiger partial charge in [-0.2, -0.15) is 0 Å². The highest BCUT2D eigenvalue weighted by atomic mass is 32.1. The Kier molecular flexibility index (Phi) is 5.47. The molecular weight excluding hydrogens is 402 g/mol. The second-order valence-electron chi connectivity index (χ2n) is 7.82. The van der Waals surface area contributed by atoms with Crippen molar-refractivity contribution in [1.82, 2.24) is 24.8 Å². The minimum absolute atomic E-state index is 0.133. The number of ether oxygens (including phenoxy) is 1. The number of morpholine rings is 1. The number of hydrogen-bond donors (Lipinski definition) is 2. The van der Waals surface area contributed by atoms with Crippen LogP contribution < -0.4 is 10.6 Å². The van der Waals surface area contributed by atoms with Gasteiger partial charge >= 0.3 is 0 Å². The number of nitrogens with zero attached hydrogens (tertiary/aromatic N) is 6. The SMILES string of the molecule is Nc1ncc(C2CN(c3ncc4sc(CN5CCC(O)CC5)cc4n3)CCO2)cn1. The molecular formula is C20H25N7O2S. The molecule has 9 nitrogen and oxygen atoms in total. The molecule has 0 spiro atoms. The monoisotopic (exact) mass is 427 g/mol. The van der Waals surface area contributed by atoms with Gasteiger partial charge in [-0.15, -0.1) is 11.3 Å². The number of aromatic nitrogens is 4. The van der Waals surface area contributed by atoms with E-state index < -0.39 is 0 Å². The third-order valence-electron chi connectivity index (χ3n) is 5.66. The van der Waals surface area contributed by atoms with Gasteiger partial charge < -0.3 is 20.5 Å². The molecule has 5 heterocycles. The number of hydrogen-bond acceptors (Lipinski definition) is 10. The molecule has 0 amide bonds. The van der Waals surface area contributed by atoms with Crippen LogP contribution in [0.1, 0.15) is 29.4 Å². The lowest BCUT2D eigenvalue weighted by molar-refractivity contribution is 0.0388. The zero-order valence-electron chi connectivity index (χ0n) is 16.6. The van der Waals surface area contributed by atoms with Crippen LogP contribution in [0.2, 0.25) is 0 Å². The maximum atomic E-state index is 9.70. The maximum Gasteiger partial charge on any atom is 0.226 e. The van der Waals surface area contributed by atoms with Crippen LogP contribution in [0.15, 0.2) is 24.7 Å². The fraction of sp³-hybridized carbons (Fsp3) is 0.500. The number of nitrogens with two attached hydrogens (primary N) is 1. The summed E-state index contributed by atoms with van der Waals surface area (Å²) in [6, 6.07) is 2.17. The molecule has 3 aromatic heterocycles. The zero-order chi connectivity index (χ0) is 20.5. The van der Waals surface area contributed by atoms with E-state index >= 15 is 0 Å². The molecule has 1 atom stereocenters. The van der Waals surface area contributed by atoms with E-state index in [4.69, 9.17) is 15.5 Å². The van der Waals surface area contributed by atoms with Gasteiger partial charge in [-0.05, 0) is 18.9 Å². The number of aliphatic hydroxyl groups is 1. The van der Waals surface area contributed by atoms with Gasteiger partial charge in [0.1, 0.15) is 6.10 Å². The number of rotatable bonds is 4. The number of piperidine rings is 1. The Labute approximate surface area is 178 Å². The molecule has 3 aromatic rings. The first-order valence-electron chi connectivity index (χ1n) is 10.2. The molecule has 2 saturated heterocycles. The van der Waals surface area contributed by atoms with Crippen LogP contribution in [0, 0.1) is 0 Å². The molecule has 0 bridgehead atoms. The molecule has 2 fully saturated rings. The molecule has 5 rings (SSSR count). The van der Waals surface area contributed by atoms with Gasteiger partial charge in [0.05, 0.1) is 35.7 Å². The summed E-state index contributed by atoms with van der Waals surface area (Å²) in [6.45, 7) is 4.76. The lowest BCUT2D eigenvalue weighted by atomic mass is 10.1. The summed E-state index contributed by atoms with van der Waals surface area (Å²) < 4.78 is 7.00. The van der Waals surface area contributed by atoms with E-state index in [1.54, 1.807) is 23.7 Å². The summed E-state index contributed by atoms with van der Waals surface area (Å²) in [7, 11) is 0. The van der Waals surface area contributed by atoms with Crippen LogP contribution in [-0.4, -0.2) is 68.8 Å². The first-order chi connectivity index (χ1) is 14.6. The summed E-state index contributed by atoms with van der Waals surface area (Å²) >= 11 is 1.75. The summed E-state index contributed by atoms with van der Waals surface area (Å²) in [5, 5.41) is 9.70. The smallest absolute Gasteiger partial charge is 0.226 e. The number of aliphatic hydroxyl groups excluding tert-OH is 1. The largest absolute Gasteiger partial charge is 0.393 e. The van der Waals surface area contributed by atoms with Crippen LogP contribution in [-0.2, 0) is 11.3 Å². The molecule has 2 aliphatic heterocycles. The van der Waals surface area contributed by atoms with Crippen molar-refractivity contribution in [2.45, 2.75) is 31.6 Å². The van der Waals surface area contributed by atoms with Gasteiger partial charge in [0.25, 0.3) is 0 Å². The molecule has 2 aliphatic rings. The molecule has 10 heteroatoms. The van der Waals surface area contributed by atoms with E-state index in [2.05, 4.69) is 30.8 Å². The van der Waals surface area contributed by atoms with Crippen LogP contribution >= 0.6 is 11.3 Å². The quantitative estimate of drug-likeness (QED) is 0.641. The van der Waals surface area contributed by atoms with E-state index in [0.29, 0.717) is 13.2 Å². The van der Waals surface area contributed by atoms with Crippen molar-refractivity contribution in [2.24, 2.45) is 0 Å². The summed E-state index contributed by atoms with van der Waals surface area (Å²) in [5.74, 6) is 0.979. The molecule has 0 aliphatic carbocycles. The Morgan fingerprint density at radius 1 is 1.13 bits per heavy atom.